The molecule has 2 aliphatic rings. The van der Waals surface area contributed by atoms with Gasteiger partial charge in [0.2, 0.25) is 12.7 Å². The van der Waals surface area contributed by atoms with E-state index in [4.69, 9.17) is 33.3 Å². The first-order valence-corrected chi connectivity index (χ1v) is 10.2. The molecule has 3 heterocycles. The van der Waals surface area contributed by atoms with E-state index in [2.05, 4.69) is 37.6 Å². The minimum Gasteiger partial charge on any atom is -0.454 e. The molecule has 0 aliphatic carbocycles. The van der Waals surface area contributed by atoms with Gasteiger partial charge in [0, 0.05) is 25.7 Å². The molecular formula is C21H18ClN5O2S. The molecule has 0 saturated heterocycles. The predicted molar refractivity (Wildman–Crippen MR) is 119 cm³/mol. The standard InChI is InChI=1S/C21H18ClN5O2S/c22-18-8-19(27-10-14-3-1-2-4-15(14)11-27)25-20(24-18)26-21(30)23-9-13-5-6-16-17(7-13)29-12-28-16/h1-8H,9-12H2,(H2,23,24,25,26,30). The first-order valence-electron chi connectivity index (χ1n) is 9.44. The van der Waals surface area contributed by atoms with E-state index >= 15 is 0 Å². The molecule has 0 radical (unpaired) electrons. The van der Waals surface area contributed by atoms with Crippen molar-refractivity contribution in [2.45, 2.75) is 19.6 Å². The summed E-state index contributed by atoms with van der Waals surface area (Å²) >= 11 is 11.6. The van der Waals surface area contributed by atoms with Crippen molar-refractivity contribution in [2.75, 3.05) is 17.0 Å². The molecule has 0 atom stereocenters. The highest BCUT2D eigenvalue weighted by Crippen LogP contribution is 2.32. The molecule has 2 aliphatic heterocycles. The second kappa shape index (κ2) is 7.97. The van der Waals surface area contributed by atoms with Crippen LogP contribution in [-0.2, 0) is 19.6 Å². The molecule has 0 saturated carbocycles. The van der Waals surface area contributed by atoms with Gasteiger partial charge in [0.25, 0.3) is 0 Å². The summed E-state index contributed by atoms with van der Waals surface area (Å²) in [5.41, 5.74) is 3.61. The number of hydrogen-bond acceptors (Lipinski definition) is 6. The zero-order valence-electron chi connectivity index (χ0n) is 15.9. The van der Waals surface area contributed by atoms with Gasteiger partial charge in [0.15, 0.2) is 16.6 Å². The van der Waals surface area contributed by atoms with E-state index in [9.17, 15) is 0 Å². The molecule has 2 N–H and O–H groups in total. The van der Waals surface area contributed by atoms with Gasteiger partial charge >= 0.3 is 0 Å². The van der Waals surface area contributed by atoms with E-state index in [0.717, 1.165) is 36.0 Å². The fraction of sp³-hybridized carbons (Fsp3) is 0.190. The normalized spacial score (nSPS) is 13.8. The number of aromatic nitrogens is 2. The molecule has 0 spiro atoms. The number of thiocarbonyl (C=S) groups is 1. The number of halogens is 1. The van der Waals surface area contributed by atoms with Crippen LogP contribution in [0.2, 0.25) is 5.15 Å². The lowest BCUT2D eigenvalue weighted by molar-refractivity contribution is 0.174. The summed E-state index contributed by atoms with van der Waals surface area (Å²) in [6.45, 7) is 2.35. The van der Waals surface area contributed by atoms with E-state index in [1.165, 1.54) is 11.1 Å². The molecule has 0 unspecified atom stereocenters. The van der Waals surface area contributed by atoms with Crippen LogP contribution in [0.5, 0.6) is 11.5 Å². The number of nitrogens with one attached hydrogen (secondary N) is 2. The van der Waals surface area contributed by atoms with E-state index in [1.807, 2.05) is 30.3 Å². The number of fused-ring (bicyclic) bond motifs is 2. The lowest BCUT2D eigenvalue weighted by Crippen LogP contribution is -2.29. The van der Waals surface area contributed by atoms with E-state index in [1.54, 1.807) is 6.07 Å². The van der Waals surface area contributed by atoms with Crippen molar-refractivity contribution in [1.82, 2.24) is 15.3 Å². The Morgan fingerprint density at radius 2 is 1.80 bits per heavy atom. The molecule has 3 aromatic rings. The predicted octanol–water partition coefficient (Wildman–Crippen LogP) is 3.87. The highest BCUT2D eigenvalue weighted by molar-refractivity contribution is 7.80. The average molecular weight is 440 g/mol. The Labute approximate surface area is 184 Å². The summed E-state index contributed by atoms with van der Waals surface area (Å²) in [4.78, 5) is 11.0. The molecule has 0 fully saturated rings. The van der Waals surface area contributed by atoms with Gasteiger partial charge in [0.05, 0.1) is 0 Å². The molecule has 7 nitrogen and oxygen atoms in total. The van der Waals surface area contributed by atoms with Crippen molar-refractivity contribution >= 4 is 40.7 Å². The second-order valence-corrected chi connectivity index (χ2v) is 7.79. The van der Waals surface area contributed by atoms with E-state index in [-0.39, 0.29) is 6.79 Å². The van der Waals surface area contributed by atoms with E-state index in [0.29, 0.717) is 22.8 Å². The minimum absolute atomic E-state index is 0.253. The Morgan fingerprint density at radius 3 is 2.60 bits per heavy atom. The Hall–Kier alpha value is -3.10. The number of nitrogens with zero attached hydrogens (tertiary/aromatic N) is 3. The van der Waals surface area contributed by atoms with Crippen LogP contribution in [-0.4, -0.2) is 21.9 Å². The molecule has 9 heteroatoms. The topological polar surface area (TPSA) is 71.5 Å². The van der Waals surface area contributed by atoms with Crippen LogP contribution in [0.25, 0.3) is 0 Å². The Kier molecular flexibility index (Phi) is 5.02. The summed E-state index contributed by atoms with van der Waals surface area (Å²) in [7, 11) is 0. The van der Waals surface area contributed by atoms with Gasteiger partial charge in [-0.3, -0.25) is 0 Å². The summed E-state index contributed by atoms with van der Waals surface area (Å²) in [5, 5.41) is 6.94. The SMILES string of the molecule is S=C(NCc1ccc2c(c1)OCO2)Nc1nc(Cl)cc(N2Cc3ccccc3C2)n1. The lowest BCUT2D eigenvalue weighted by atomic mass is 10.1. The van der Waals surface area contributed by atoms with Crippen molar-refractivity contribution in [3.63, 3.8) is 0 Å². The van der Waals surface area contributed by atoms with Crippen LogP contribution in [0.3, 0.4) is 0 Å². The van der Waals surface area contributed by atoms with Gasteiger partial charge < -0.3 is 25.0 Å². The molecule has 30 heavy (non-hydrogen) atoms. The van der Waals surface area contributed by atoms with Crippen molar-refractivity contribution in [1.29, 1.82) is 0 Å². The third kappa shape index (κ3) is 3.96. The lowest BCUT2D eigenvalue weighted by Gasteiger charge is -2.18. The monoisotopic (exact) mass is 439 g/mol. The average Bonchev–Trinajstić information content (AvgIpc) is 3.38. The maximum Gasteiger partial charge on any atom is 0.232 e. The third-order valence-electron chi connectivity index (χ3n) is 4.96. The first-order chi connectivity index (χ1) is 14.6. The molecule has 5 rings (SSSR count). The van der Waals surface area contributed by atoms with Crippen molar-refractivity contribution < 1.29 is 9.47 Å². The highest BCUT2D eigenvalue weighted by Gasteiger charge is 2.21. The highest BCUT2D eigenvalue weighted by atomic mass is 35.5. The van der Waals surface area contributed by atoms with Gasteiger partial charge in [-0.05, 0) is 41.0 Å². The van der Waals surface area contributed by atoms with Crippen molar-refractivity contribution in [2.24, 2.45) is 0 Å². The van der Waals surface area contributed by atoms with Crippen LogP contribution in [0.15, 0.2) is 48.5 Å². The number of hydrogen-bond donors (Lipinski definition) is 2. The smallest absolute Gasteiger partial charge is 0.232 e. The fourth-order valence-corrected chi connectivity index (χ4v) is 3.84. The quantitative estimate of drug-likeness (QED) is 0.469. The molecular weight excluding hydrogens is 422 g/mol. The summed E-state index contributed by atoms with van der Waals surface area (Å²) in [5.74, 6) is 2.61. The molecule has 2 aromatic carbocycles. The minimum atomic E-state index is 0.253. The third-order valence-corrected chi connectivity index (χ3v) is 5.40. The second-order valence-electron chi connectivity index (χ2n) is 6.99. The van der Waals surface area contributed by atoms with Crippen LogP contribution >= 0.6 is 23.8 Å². The molecule has 1 aromatic heterocycles. The largest absolute Gasteiger partial charge is 0.454 e. The summed E-state index contributed by atoms with van der Waals surface area (Å²) in [6, 6.07) is 15.9. The summed E-state index contributed by atoms with van der Waals surface area (Å²) in [6.07, 6.45) is 0. The van der Waals surface area contributed by atoms with Crippen LogP contribution in [0.1, 0.15) is 16.7 Å². The number of ether oxygens (including phenoxy) is 2. The van der Waals surface area contributed by atoms with Gasteiger partial charge in [0.1, 0.15) is 11.0 Å². The van der Waals surface area contributed by atoms with Crippen LogP contribution in [0.4, 0.5) is 11.8 Å². The zero-order valence-corrected chi connectivity index (χ0v) is 17.5. The van der Waals surface area contributed by atoms with Crippen LogP contribution < -0.4 is 25.0 Å². The van der Waals surface area contributed by atoms with Gasteiger partial charge in [-0.15, -0.1) is 0 Å². The number of benzene rings is 2. The Bertz CT molecular complexity index is 1100. The van der Waals surface area contributed by atoms with Gasteiger partial charge in [-0.1, -0.05) is 41.9 Å². The molecule has 0 amide bonds. The van der Waals surface area contributed by atoms with Gasteiger partial charge in [-0.2, -0.15) is 4.98 Å². The van der Waals surface area contributed by atoms with Crippen molar-refractivity contribution in [3.05, 3.63) is 70.4 Å². The number of rotatable bonds is 4. The Balaban J connectivity index is 1.23. The van der Waals surface area contributed by atoms with Crippen LogP contribution in [0, 0.1) is 0 Å². The molecule has 0 bridgehead atoms. The van der Waals surface area contributed by atoms with E-state index < -0.39 is 0 Å². The maximum atomic E-state index is 6.24. The number of anilines is 2. The van der Waals surface area contributed by atoms with Gasteiger partial charge in [-0.25, -0.2) is 4.98 Å². The fourth-order valence-electron chi connectivity index (χ4n) is 3.50. The summed E-state index contributed by atoms with van der Waals surface area (Å²) < 4.78 is 10.7. The van der Waals surface area contributed by atoms with Crippen molar-refractivity contribution in [3.8, 4) is 11.5 Å². The first kappa shape index (κ1) is 18.9. The zero-order chi connectivity index (χ0) is 20.5. The molecule has 152 valence electrons. The maximum absolute atomic E-state index is 6.24. The Morgan fingerprint density at radius 1 is 1.03 bits per heavy atom.